The summed E-state index contributed by atoms with van der Waals surface area (Å²) in [5.74, 6) is 1.92. The van der Waals surface area contributed by atoms with Gasteiger partial charge in [-0.05, 0) is 49.3 Å². The Hall–Kier alpha value is -0.380. The predicted octanol–water partition coefficient (Wildman–Crippen LogP) is 3.34. The van der Waals surface area contributed by atoms with Crippen LogP contribution in [-0.2, 0) is 6.54 Å². The van der Waals surface area contributed by atoms with Crippen molar-refractivity contribution in [3.63, 3.8) is 0 Å². The number of hydrogen-bond acceptors (Lipinski definition) is 3. The van der Waals surface area contributed by atoms with E-state index in [1.165, 1.54) is 23.3 Å². The molecule has 1 aromatic carbocycles. The van der Waals surface area contributed by atoms with Gasteiger partial charge in [0.05, 0.1) is 7.11 Å². The lowest BCUT2D eigenvalue weighted by molar-refractivity contribution is 0.404. The minimum Gasteiger partial charge on any atom is -0.496 e. The summed E-state index contributed by atoms with van der Waals surface area (Å²) in [5.41, 5.74) is 1.30. The Kier molecular flexibility index (Phi) is 6.17. The van der Waals surface area contributed by atoms with Gasteiger partial charge in [-0.3, -0.25) is 0 Å². The fourth-order valence-corrected chi connectivity index (χ4v) is 2.28. The van der Waals surface area contributed by atoms with Crippen LogP contribution in [0.25, 0.3) is 0 Å². The van der Waals surface area contributed by atoms with Crippen molar-refractivity contribution in [2.45, 2.75) is 24.3 Å². The smallest absolute Gasteiger partial charge is 0.132 e. The van der Waals surface area contributed by atoms with Crippen molar-refractivity contribution >= 4 is 24.2 Å². The Bertz CT molecular complexity index is 355. The molecule has 0 bridgehead atoms. The summed E-state index contributed by atoms with van der Waals surface area (Å²) in [6, 6.07) is 6.44. The molecule has 1 N–H and O–H groups in total. The third-order valence-electron chi connectivity index (χ3n) is 2.91. The van der Waals surface area contributed by atoms with E-state index in [0.29, 0.717) is 0 Å². The van der Waals surface area contributed by atoms with Gasteiger partial charge in [-0.2, -0.15) is 0 Å². The van der Waals surface area contributed by atoms with Crippen molar-refractivity contribution in [3.8, 4) is 5.75 Å². The first-order valence-electron chi connectivity index (χ1n) is 5.75. The predicted molar refractivity (Wildman–Crippen MR) is 76.5 cm³/mol. The van der Waals surface area contributed by atoms with Gasteiger partial charge in [0.25, 0.3) is 0 Å². The molecule has 17 heavy (non-hydrogen) atoms. The average Bonchev–Trinajstić information content (AvgIpc) is 3.13. The third-order valence-corrected chi connectivity index (χ3v) is 3.68. The molecule has 4 heteroatoms. The van der Waals surface area contributed by atoms with Gasteiger partial charge in [0.15, 0.2) is 0 Å². The summed E-state index contributed by atoms with van der Waals surface area (Å²) in [4.78, 5) is 1.20. The fourth-order valence-electron chi connectivity index (χ4n) is 1.73. The molecule has 0 heterocycles. The molecule has 0 radical (unpaired) electrons. The van der Waals surface area contributed by atoms with Crippen LogP contribution in [0.2, 0.25) is 0 Å². The molecule has 1 saturated carbocycles. The second-order valence-electron chi connectivity index (χ2n) is 4.26. The second-order valence-corrected chi connectivity index (χ2v) is 5.11. The molecule has 1 aromatic rings. The minimum atomic E-state index is 0. The van der Waals surface area contributed by atoms with Crippen LogP contribution in [0.5, 0.6) is 5.75 Å². The van der Waals surface area contributed by atoms with Crippen molar-refractivity contribution < 1.29 is 4.74 Å². The summed E-state index contributed by atoms with van der Waals surface area (Å²) >= 11 is 1.72. The lowest BCUT2D eigenvalue weighted by Crippen LogP contribution is -2.16. The number of benzene rings is 1. The van der Waals surface area contributed by atoms with E-state index in [2.05, 4.69) is 29.8 Å². The van der Waals surface area contributed by atoms with Crippen molar-refractivity contribution in [1.82, 2.24) is 5.32 Å². The number of rotatable bonds is 6. The van der Waals surface area contributed by atoms with E-state index >= 15 is 0 Å². The first kappa shape index (κ1) is 14.7. The van der Waals surface area contributed by atoms with E-state index < -0.39 is 0 Å². The van der Waals surface area contributed by atoms with Crippen molar-refractivity contribution in [3.05, 3.63) is 23.8 Å². The molecule has 1 aliphatic carbocycles. The molecule has 0 spiro atoms. The number of hydrogen-bond donors (Lipinski definition) is 1. The van der Waals surface area contributed by atoms with Crippen molar-refractivity contribution in [2.24, 2.45) is 5.92 Å². The Balaban J connectivity index is 0.00000144. The summed E-state index contributed by atoms with van der Waals surface area (Å²) < 4.78 is 5.37. The van der Waals surface area contributed by atoms with E-state index in [1.807, 2.05) is 0 Å². The van der Waals surface area contributed by atoms with E-state index in [-0.39, 0.29) is 12.4 Å². The van der Waals surface area contributed by atoms with Gasteiger partial charge < -0.3 is 10.1 Å². The molecular formula is C13H20ClNOS. The first-order chi connectivity index (χ1) is 7.83. The molecule has 0 amide bonds. The molecule has 1 aliphatic rings. The molecule has 0 aromatic heterocycles. The topological polar surface area (TPSA) is 21.3 Å². The zero-order chi connectivity index (χ0) is 11.4. The molecule has 96 valence electrons. The van der Waals surface area contributed by atoms with E-state index in [4.69, 9.17) is 4.74 Å². The molecule has 0 atom stereocenters. The standard InChI is InChI=1S/C13H19NOS.ClH/c1-15-12-7-11(5-6-13(12)16-2)9-14-8-10-3-4-10;/h5-7,10,14H,3-4,8-9H2,1-2H3;1H. The number of thioether (sulfide) groups is 1. The van der Waals surface area contributed by atoms with Gasteiger partial charge in [-0.25, -0.2) is 0 Å². The van der Waals surface area contributed by atoms with Gasteiger partial charge in [-0.15, -0.1) is 24.2 Å². The van der Waals surface area contributed by atoms with Crippen LogP contribution in [0.1, 0.15) is 18.4 Å². The van der Waals surface area contributed by atoms with Gasteiger partial charge in [-0.1, -0.05) is 6.07 Å². The van der Waals surface area contributed by atoms with E-state index in [0.717, 1.165) is 24.8 Å². The van der Waals surface area contributed by atoms with Crippen molar-refractivity contribution in [1.29, 1.82) is 0 Å². The summed E-state index contributed by atoms with van der Waals surface area (Å²) in [5, 5.41) is 3.49. The average molecular weight is 274 g/mol. The van der Waals surface area contributed by atoms with Crippen LogP contribution in [0.4, 0.5) is 0 Å². The first-order valence-corrected chi connectivity index (χ1v) is 6.97. The Morgan fingerprint density at radius 3 is 2.76 bits per heavy atom. The number of ether oxygens (including phenoxy) is 1. The highest BCUT2D eigenvalue weighted by Crippen LogP contribution is 2.29. The fraction of sp³-hybridized carbons (Fsp3) is 0.538. The summed E-state index contributed by atoms with van der Waals surface area (Å²) in [6.07, 6.45) is 4.88. The van der Waals surface area contributed by atoms with Crippen LogP contribution in [0, 0.1) is 5.92 Å². The van der Waals surface area contributed by atoms with Crippen LogP contribution in [0.3, 0.4) is 0 Å². The number of halogens is 1. The van der Waals surface area contributed by atoms with Gasteiger partial charge >= 0.3 is 0 Å². The second kappa shape index (κ2) is 7.14. The van der Waals surface area contributed by atoms with Crippen LogP contribution < -0.4 is 10.1 Å². The number of nitrogens with one attached hydrogen (secondary N) is 1. The summed E-state index contributed by atoms with van der Waals surface area (Å²) in [7, 11) is 1.73. The molecule has 0 unspecified atom stereocenters. The maximum atomic E-state index is 5.37. The lowest BCUT2D eigenvalue weighted by atomic mass is 10.2. The quantitative estimate of drug-likeness (QED) is 0.804. The molecule has 2 nitrogen and oxygen atoms in total. The lowest BCUT2D eigenvalue weighted by Gasteiger charge is -2.09. The molecule has 1 fully saturated rings. The minimum absolute atomic E-state index is 0. The summed E-state index contributed by atoms with van der Waals surface area (Å²) in [6.45, 7) is 2.11. The Morgan fingerprint density at radius 1 is 1.41 bits per heavy atom. The highest BCUT2D eigenvalue weighted by atomic mass is 35.5. The maximum Gasteiger partial charge on any atom is 0.132 e. The Labute approximate surface area is 114 Å². The maximum absolute atomic E-state index is 5.37. The molecule has 2 rings (SSSR count). The molecular weight excluding hydrogens is 254 g/mol. The SMILES string of the molecule is COc1cc(CNCC2CC2)ccc1SC.Cl. The van der Waals surface area contributed by atoms with Crippen LogP contribution >= 0.6 is 24.2 Å². The zero-order valence-electron chi connectivity index (χ0n) is 10.4. The van der Waals surface area contributed by atoms with Crippen LogP contribution in [0.15, 0.2) is 23.1 Å². The van der Waals surface area contributed by atoms with Gasteiger partial charge in [0.1, 0.15) is 5.75 Å². The monoisotopic (exact) mass is 273 g/mol. The zero-order valence-corrected chi connectivity index (χ0v) is 12.0. The normalized spacial score (nSPS) is 14.2. The van der Waals surface area contributed by atoms with Crippen LogP contribution in [-0.4, -0.2) is 19.9 Å². The molecule has 0 saturated heterocycles. The highest BCUT2D eigenvalue weighted by Gasteiger charge is 2.20. The molecule has 0 aliphatic heterocycles. The van der Waals surface area contributed by atoms with Gasteiger partial charge in [0, 0.05) is 11.4 Å². The van der Waals surface area contributed by atoms with Gasteiger partial charge in [0.2, 0.25) is 0 Å². The Morgan fingerprint density at radius 2 is 2.18 bits per heavy atom. The highest BCUT2D eigenvalue weighted by molar-refractivity contribution is 7.98. The van der Waals surface area contributed by atoms with E-state index in [9.17, 15) is 0 Å². The largest absolute Gasteiger partial charge is 0.496 e. The van der Waals surface area contributed by atoms with E-state index in [1.54, 1.807) is 18.9 Å². The number of methoxy groups -OCH3 is 1. The van der Waals surface area contributed by atoms with Crippen molar-refractivity contribution in [2.75, 3.05) is 19.9 Å². The third kappa shape index (κ3) is 4.41.